The highest BCUT2D eigenvalue weighted by atomic mass is 32.1. The van der Waals surface area contributed by atoms with Gasteiger partial charge in [-0.05, 0) is 44.1 Å². The number of nitrogens with zero attached hydrogens (tertiary/aromatic N) is 1. The molecule has 4 rings (SSSR count). The molecule has 0 bridgehead atoms. The number of fused-ring (bicyclic) bond motifs is 1. The predicted molar refractivity (Wildman–Crippen MR) is 91.9 cm³/mol. The zero-order valence-electron chi connectivity index (χ0n) is 13.2. The summed E-state index contributed by atoms with van der Waals surface area (Å²) in [5.74, 6) is 1.39. The fraction of sp³-hybridized carbons (Fsp3) is 0.412. The van der Waals surface area contributed by atoms with Gasteiger partial charge >= 0.3 is 0 Å². The Hall–Kier alpha value is -2.12. The van der Waals surface area contributed by atoms with Gasteiger partial charge in [-0.3, -0.25) is 4.79 Å². The Morgan fingerprint density at radius 3 is 2.83 bits per heavy atom. The van der Waals surface area contributed by atoms with Gasteiger partial charge in [-0.15, -0.1) is 11.3 Å². The van der Waals surface area contributed by atoms with E-state index in [1.165, 1.54) is 11.3 Å². The average molecular weight is 345 g/mol. The first kappa shape index (κ1) is 15.4. The molecule has 1 aromatic carbocycles. The number of hydrogen-bond donors (Lipinski definition) is 2. The molecule has 2 aliphatic heterocycles. The molecular weight excluding hydrogens is 326 g/mol. The maximum Gasteiger partial charge on any atom is 0.270 e. The number of hydrogen-bond acceptors (Lipinski definition) is 6. The summed E-state index contributed by atoms with van der Waals surface area (Å²) in [6.07, 6.45) is 1.93. The first-order chi connectivity index (χ1) is 11.8. The van der Waals surface area contributed by atoms with E-state index in [2.05, 4.69) is 15.6 Å². The lowest BCUT2D eigenvalue weighted by molar-refractivity contribution is 0.0925. The summed E-state index contributed by atoms with van der Waals surface area (Å²) in [6.45, 7) is 3.03. The Morgan fingerprint density at radius 2 is 2.00 bits per heavy atom. The number of amides is 1. The molecule has 1 aromatic heterocycles. The van der Waals surface area contributed by atoms with Crippen molar-refractivity contribution in [2.75, 3.05) is 26.3 Å². The normalized spacial score (nSPS) is 17.5. The van der Waals surface area contributed by atoms with Crippen molar-refractivity contribution in [2.45, 2.75) is 18.9 Å². The predicted octanol–water partition coefficient (Wildman–Crippen LogP) is 2.06. The van der Waals surface area contributed by atoms with Crippen LogP contribution in [0.15, 0.2) is 23.6 Å². The number of carbonyl (C=O) groups is 1. The van der Waals surface area contributed by atoms with Gasteiger partial charge in [0.1, 0.15) is 23.9 Å². The van der Waals surface area contributed by atoms with Crippen molar-refractivity contribution in [3.63, 3.8) is 0 Å². The molecule has 0 atom stereocenters. The smallest absolute Gasteiger partial charge is 0.270 e. The van der Waals surface area contributed by atoms with Gasteiger partial charge in [-0.2, -0.15) is 0 Å². The minimum atomic E-state index is -0.0954. The van der Waals surface area contributed by atoms with Crippen LogP contribution in [-0.2, 0) is 0 Å². The third-order valence-electron chi connectivity index (χ3n) is 4.20. The summed E-state index contributed by atoms with van der Waals surface area (Å²) in [5, 5.41) is 8.98. The van der Waals surface area contributed by atoms with E-state index < -0.39 is 0 Å². The van der Waals surface area contributed by atoms with E-state index in [0.29, 0.717) is 18.9 Å². The lowest BCUT2D eigenvalue weighted by atomic mass is 10.1. The van der Waals surface area contributed by atoms with Gasteiger partial charge in [-0.1, -0.05) is 0 Å². The van der Waals surface area contributed by atoms with Crippen molar-refractivity contribution in [2.24, 2.45) is 0 Å². The molecule has 0 radical (unpaired) electrons. The third-order valence-corrected chi connectivity index (χ3v) is 5.09. The molecular formula is C17H19N3O3S. The van der Waals surface area contributed by atoms with Crippen LogP contribution in [0, 0.1) is 0 Å². The molecule has 0 aliphatic carbocycles. The van der Waals surface area contributed by atoms with Crippen LogP contribution in [0.25, 0.3) is 10.6 Å². The van der Waals surface area contributed by atoms with Crippen molar-refractivity contribution >= 4 is 17.2 Å². The Balaban J connectivity index is 1.48. The number of carbonyl (C=O) groups excluding carboxylic acids is 1. The average Bonchev–Trinajstić information content (AvgIpc) is 3.12. The number of aromatic nitrogens is 1. The summed E-state index contributed by atoms with van der Waals surface area (Å²) in [5.41, 5.74) is 1.41. The van der Waals surface area contributed by atoms with Gasteiger partial charge in [0.05, 0.1) is 0 Å². The third kappa shape index (κ3) is 3.22. The van der Waals surface area contributed by atoms with E-state index in [1.54, 1.807) is 0 Å². The second kappa shape index (κ2) is 6.78. The molecule has 24 heavy (non-hydrogen) atoms. The highest BCUT2D eigenvalue weighted by molar-refractivity contribution is 7.13. The van der Waals surface area contributed by atoms with Crippen molar-refractivity contribution in [1.82, 2.24) is 15.6 Å². The molecule has 2 aromatic rings. The molecule has 2 aliphatic rings. The zero-order chi connectivity index (χ0) is 16.4. The lowest BCUT2D eigenvalue weighted by Gasteiger charge is -2.23. The van der Waals surface area contributed by atoms with Crippen molar-refractivity contribution in [3.8, 4) is 22.1 Å². The van der Waals surface area contributed by atoms with E-state index in [0.717, 1.165) is 48.0 Å². The number of nitrogens with one attached hydrogen (secondary N) is 2. The van der Waals surface area contributed by atoms with E-state index in [1.807, 2.05) is 23.6 Å². The summed E-state index contributed by atoms with van der Waals surface area (Å²) < 4.78 is 11.1. The van der Waals surface area contributed by atoms with E-state index in [9.17, 15) is 4.79 Å². The summed E-state index contributed by atoms with van der Waals surface area (Å²) in [4.78, 5) is 16.8. The van der Waals surface area contributed by atoms with Crippen LogP contribution in [-0.4, -0.2) is 43.2 Å². The van der Waals surface area contributed by atoms with Crippen molar-refractivity contribution < 1.29 is 14.3 Å². The minimum Gasteiger partial charge on any atom is -0.486 e. The monoisotopic (exact) mass is 345 g/mol. The first-order valence-corrected chi connectivity index (χ1v) is 9.05. The van der Waals surface area contributed by atoms with E-state index in [4.69, 9.17) is 9.47 Å². The van der Waals surface area contributed by atoms with Gasteiger partial charge in [0.25, 0.3) is 5.91 Å². The topological polar surface area (TPSA) is 72.5 Å². The molecule has 0 spiro atoms. The summed E-state index contributed by atoms with van der Waals surface area (Å²) in [7, 11) is 0. The van der Waals surface area contributed by atoms with E-state index >= 15 is 0 Å². The summed E-state index contributed by atoms with van der Waals surface area (Å²) in [6, 6.07) is 5.99. The first-order valence-electron chi connectivity index (χ1n) is 8.17. The molecule has 1 amide bonds. The quantitative estimate of drug-likeness (QED) is 0.891. The van der Waals surface area contributed by atoms with Gasteiger partial charge in [0.2, 0.25) is 0 Å². The molecule has 6 nitrogen and oxygen atoms in total. The molecule has 2 N–H and O–H groups in total. The zero-order valence-corrected chi connectivity index (χ0v) is 14.0. The van der Waals surface area contributed by atoms with Gasteiger partial charge in [0.15, 0.2) is 11.5 Å². The number of thiazole rings is 1. The minimum absolute atomic E-state index is 0.0954. The second-order valence-corrected chi connectivity index (χ2v) is 6.75. The highest BCUT2D eigenvalue weighted by Crippen LogP contribution is 2.35. The summed E-state index contributed by atoms with van der Waals surface area (Å²) >= 11 is 1.46. The largest absolute Gasteiger partial charge is 0.486 e. The number of rotatable bonds is 3. The molecule has 1 saturated heterocycles. The van der Waals surface area contributed by atoms with Crippen LogP contribution < -0.4 is 20.1 Å². The van der Waals surface area contributed by atoms with Crippen molar-refractivity contribution in [3.05, 3.63) is 29.3 Å². The maximum atomic E-state index is 12.4. The SMILES string of the molecule is O=C(NC1CCNCC1)c1csc(-c2ccc3c(c2)OCCO3)n1. The van der Waals surface area contributed by atoms with Gasteiger partial charge in [0, 0.05) is 17.0 Å². The molecule has 3 heterocycles. The molecule has 126 valence electrons. The maximum absolute atomic E-state index is 12.4. The molecule has 7 heteroatoms. The highest BCUT2D eigenvalue weighted by Gasteiger charge is 2.19. The Bertz CT molecular complexity index is 740. The van der Waals surface area contributed by atoms with Gasteiger partial charge < -0.3 is 20.1 Å². The fourth-order valence-corrected chi connectivity index (χ4v) is 3.71. The molecule has 1 fully saturated rings. The van der Waals surface area contributed by atoms with Crippen LogP contribution in [0.1, 0.15) is 23.3 Å². The second-order valence-electron chi connectivity index (χ2n) is 5.89. The van der Waals surface area contributed by atoms with Crippen LogP contribution in [0.3, 0.4) is 0 Å². The standard InChI is InChI=1S/C17H19N3O3S/c21-16(19-12-3-5-18-6-4-12)13-10-24-17(20-13)11-1-2-14-15(9-11)23-8-7-22-14/h1-2,9-10,12,18H,3-8H2,(H,19,21). The molecule has 0 saturated carbocycles. The number of ether oxygens (including phenoxy) is 2. The van der Waals surface area contributed by atoms with Crippen LogP contribution in [0.2, 0.25) is 0 Å². The Labute approximate surface area is 144 Å². The van der Waals surface area contributed by atoms with Gasteiger partial charge in [-0.25, -0.2) is 4.98 Å². The van der Waals surface area contributed by atoms with Crippen LogP contribution >= 0.6 is 11.3 Å². The van der Waals surface area contributed by atoms with E-state index in [-0.39, 0.29) is 11.9 Å². The number of benzene rings is 1. The van der Waals surface area contributed by atoms with Crippen LogP contribution in [0.4, 0.5) is 0 Å². The number of piperidine rings is 1. The van der Waals surface area contributed by atoms with Crippen molar-refractivity contribution in [1.29, 1.82) is 0 Å². The molecule has 0 unspecified atom stereocenters. The Morgan fingerprint density at radius 1 is 1.21 bits per heavy atom. The Kier molecular flexibility index (Phi) is 4.36. The fourth-order valence-electron chi connectivity index (χ4n) is 2.91. The van der Waals surface area contributed by atoms with Crippen LogP contribution in [0.5, 0.6) is 11.5 Å². The lowest BCUT2D eigenvalue weighted by Crippen LogP contribution is -2.42.